The highest BCUT2D eigenvalue weighted by molar-refractivity contribution is 9.10. The monoisotopic (exact) mass is 351 g/mol. The Morgan fingerprint density at radius 1 is 1.30 bits per heavy atom. The second kappa shape index (κ2) is 5.03. The molecule has 0 spiro atoms. The van der Waals surface area contributed by atoms with E-state index < -0.39 is 0 Å². The van der Waals surface area contributed by atoms with Crippen molar-refractivity contribution in [2.45, 2.75) is 13.8 Å². The topological polar surface area (TPSA) is 55.1 Å². The third kappa shape index (κ3) is 2.25. The maximum atomic E-state index is 6.14. The third-order valence-corrected chi connectivity index (χ3v) is 3.91. The summed E-state index contributed by atoms with van der Waals surface area (Å²) >= 11 is 9.60. The standard InChI is InChI=1S/C13H11BrClN5/c1-7-5-9(14)3-4-10(7)18-12-8(2)11(15)19-13-16-6-17-20(12)13/h3-6,18H,1-2H3. The minimum Gasteiger partial charge on any atom is -0.340 e. The molecule has 5 nitrogen and oxygen atoms in total. The van der Waals surface area contributed by atoms with Gasteiger partial charge in [0.25, 0.3) is 5.78 Å². The average Bonchev–Trinajstić information content (AvgIpc) is 2.85. The lowest BCUT2D eigenvalue weighted by Gasteiger charge is -2.13. The van der Waals surface area contributed by atoms with E-state index in [4.69, 9.17) is 11.6 Å². The van der Waals surface area contributed by atoms with Gasteiger partial charge >= 0.3 is 0 Å². The molecule has 0 aliphatic carbocycles. The lowest BCUT2D eigenvalue weighted by atomic mass is 10.2. The lowest BCUT2D eigenvalue weighted by molar-refractivity contribution is 0.936. The van der Waals surface area contributed by atoms with Gasteiger partial charge in [0.05, 0.1) is 0 Å². The fraction of sp³-hybridized carbons (Fsp3) is 0.154. The number of fused-ring (bicyclic) bond motifs is 1. The number of aromatic nitrogens is 4. The van der Waals surface area contributed by atoms with Gasteiger partial charge in [0.2, 0.25) is 0 Å². The van der Waals surface area contributed by atoms with Crippen molar-refractivity contribution in [2.75, 3.05) is 5.32 Å². The Morgan fingerprint density at radius 2 is 2.10 bits per heavy atom. The Morgan fingerprint density at radius 3 is 2.85 bits per heavy atom. The summed E-state index contributed by atoms with van der Waals surface area (Å²) in [6.45, 7) is 3.93. The summed E-state index contributed by atoms with van der Waals surface area (Å²) in [7, 11) is 0. The zero-order valence-electron chi connectivity index (χ0n) is 10.9. The Hall–Kier alpha value is -1.66. The number of halogens is 2. The molecule has 1 aromatic carbocycles. The quantitative estimate of drug-likeness (QED) is 0.711. The molecular formula is C13H11BrClN5. The van der Waals surface area contributed by atoms with Gasteiger partial charge in [-0.2, -0.15) is 19.6 Å². The zero-order chi connectivity index (χ0) is 14.3. The molecule has 2 heterocycles. The minimum atomic E-state index is 0.419. The molecule has 0 atom stereocenters. The van der Waals surface area contributed by atoms with Crippen LogP contribution in [0.1, 0.15) is 11.1 Å². The zero-order valence-corrected chi connectivity index (χ0v) is 13.2. The third-order valence-electron chi connectivity index (χ3n) is 3.05. The van der Waals surface area contributed by atoms with E-state index in [0.29, 0.717) is 10.9 Å². The molecule has 0 amide bonds. The summed E-state index contributed by atoms with van der Waals surface area (Å²) in [6.07, 6.45) is 1.46. The van der Waals surface area contributed by atoms with Crippen LogP contribution in [0.25, 0.3) is 5.78 Å². The van der Waals surface area contributed by atoms with Crippen molar-refractivity contribution in [3.05, 3.63) is 45.3 Å². The van der Waals surface area contributed by atoms with Crippen LogP contribution in [0.4, 0.5) is 11.5 Å². The van der Waals surface area contributed by atoms with Gasteiger partial charge in [-0.05, 0) is 37.6 Å². The molecule has 0 aliphatic heterocycles. The smallest absolute Gasteiger partial charge is 0.255 e. The molecule has 0 unspecified atom stereocenters. The molecule has 3 rings (SSSR count). The molecule has 7 heteroatoms. The van der Waals surface area contributed by atoms with Gasteiger partial charge in [-0.25, -0.2) is 0 Å². The molecule has 1 N–H and O–H groups in total. The predicted octanol–water partition coefficient (Wildman–Crippen LogP) is 3.90. The first kappa shape index (κ1) is 13.3. The van der Waals surface area contributed by atoms with Crippen LogP contribution in [0.2, 0.25) is 5.15 Å². The van der Waals surface area contributed by atoms with Crippen LogP contribution in [0, 0.1) is 13.8 Å². The summed E-state index contributed by atoms with van der Waals surface area (Å²) < 4.78 is 2.68. The first-order valence-electron chi connectivity index (χ1n) is 5.95. The van der Waals surface area contributed by atoms with Gasteiger partial charge in [0.1, 0.15) is 17.3 Å². The fourth-order valence-corrected chi connectivity index (χ4v) is 2.58. The van der Waals surface area contributed by atoms with Crippen molar-refractivity contribution < 1.29 is 0 Å². The minimum absolute atomic E-state index is 0.419. The normalized spacial score (nSPS) is 11.0. The van der Waals surface area contributed by atoms with E-state index >= 15 is 0 Å². The Bertz CT molecular complexity index is 799. The van der Waals surface area contributed by atoms with Crippen LogP contribution >= 0.6 is 27.5 Å². The molecule has 0 aliphatic rings. The molecule has 0 saturated heterocycles. The van der Waals surface area contributed by atoms with Crippen LogP contribution in [0.15, 0.2) is 29.0 Å². The summed E-state index contributed by atoms with van der Waals surface area (Å²) in [5.41, 5.74) is 2.92. The SMILES string of the molecule is Cc1cc(Br)ccc1Nc1c(C)c(Cl)nc2ncnn12. The number of hydrogen-bond donors (Lipinski definition) is 1. The van der Waals surface area contributed by atoms with Gasteiger partial charge < -0.3 is 5.32 Å². The van der Waals surface area contributed by atoms with E-state index in [9.17, 15) is 0 Å². The molecule has 3 aromatic rings. The van der Waals surface area contributed by atoms with Gasteiger partial charge in [-0.3, -0.25) is 0 Å². The summed E-state index contributed by atoms with van der Waals surface area (Å²) in [4.78, 5) is 8.25. The molecular weight excluding hydrogens is 342 g/mol. The van der Waals surface area contributed by atoms with Crippen LogP contribution in [0.5, 0.6) is 0 Å². The molecule has 0 fully saturated rings. The number of benzene rings is 1. The van der Waals surface area contributed by atoms with E-state index in [1.807, 2.05) is 32.0 Å². The van der Waals surface area contributed by atoms with Crippen molar-refractivity contribution >= 4 is 44.8 Å². The number of rotatable bonds is 2. The summed E-state index contributed by atoms with van der Waals surface area (Å²) in [6, 6.07) is 6.01. The Kier molecular flexibility index (Phi) is 3.35. The Balaban J connectivity index is 2.14. The number of nitrogens with one attached hydrogen (secondary N) is 1. The first-order valence-corrected chi connectivity index (χ1v) is 7.12. The van der Waals surface area contributed by atoms with E-state index in [2.05, 4.69) is 36.3 Å². The van der Waals surface area contributed by atoms with Crippen LogP contribution in [0.3, 0.4) is 0 Å². The van der Waals surface area contributed by atoms with Crippen molar-refractivity contribution in [1.29, 1.82) is 0 Å². The van der Waals surface area contributed by atoms with Crippen LogP contribution in [-0.2, 0) is 0 Å². The maximum absolute atomic E-state index is 6.14. The number of nitrogens with zero attached hydrogens (tertiary/aromatic N) is 4. The molecule has 2 aromatic heterocycles. The van der Waals surface area contributed by atoms with Gasteiger partial charge in [-0.15, -0.1) is 0 Å². The van der Waals surface area contributed by atoms with Gasteiger partial charge in [-0.1, -0.05) is 27.5 Å². The molecule has 0 bridgehead atoms. The van der Waals surface area contributed by atoms with Crippen molar-refractivity contribution in [2.24, 2.45) is 0 Å². The van der Waals surface area contributed by atoms with Crippen LogP contribution < -0.4 is 5.32 Å². The average molecular weight is 353 g/mol. The molecule has 102 valence electrons. The summed E-state index contributed by atoms with van der Waals surface area (Å²) in [5, 5.41) is 7.95. The molecule has 0 saturated carbocycles. The van der Waals surface area contributed by atoms with E-state index in [1.165, 1.54) is 6.33 Å². The number of aryl methyl sites for hydroxylation is 1. The number of hydrogen-bond acceptors (Lipinski definition) is 4. The van der Waals surface area contributed by atoms with Crippen molar-refractivity contribution in [3.8, 4) is 0 Å². The highest BCUT2D eigenvalue weighted by Gasteiger charge is 2.13. The van der Waals surface area contributed by atoms with Crippen LogP contribution in [-0.4, -0.2) is 19.6 Å². The Labute approximate surface area is 129 Å². The fourth-order valence-electron chi connectivity index (χ4n) is 1.94. The molecule has 20 heavy (non-hydrogen) atoms. The predicted molar refractivity (Wildman–Crippen MR) is 82.7 cm³/mol. The number of anilines is 2. The van der Waals surface area contributed by atoms with Gasteiger partial charge in [0.15, 0.2) is 0 Å². The van der Waals surface area contributed by atoms with Crippen molar-refractivity contribution in [3.63, 3.8) is 0 Å². The lowest BCUT2D eigenvalue weighted by Crippen LogP contribution is -2.05. The molecule has 0 radical (unpaired) electrons. The van der Waals surface area contributed by atoms with Gasteiger partial charge in [0, 0.05) is 15.7 Å². The highest BCUT2D eigenvalue weighted by atomic mass is 79.9. The van der Waals surface area contributed by atoms with Crippen molar-refractivity contribution in [1.82, 2.24) is 19.6 Å². The summed E-state index contributed by atoms with van der Waals surface area (Å²) in [5.74, 6) is 1.24. The first-order chi connectivity index (χ1) is 9.56. The largest absolute Gasteiger partial charge is 0.340 e. The van der Waals surface area contributed by atoms with E-state index in [-0.39, 0.29) is 0 Å². The maximum Gasteiger partial charge on any atom is 0.255 e. The second-order valence-corrected chi connectivity index (χ2v) is 5.71. The van der Waals surface area contributed by atoms with E-state index in [1.54, 1.807) is 4.52 Å². The second-order valence-electron chi connectivity index (χ2n) is 4.43. The highest BCUT2D eigenvalue weighted by Crippen LogP contribution is 2.28. The van der Waals surface area contributed by atoms with E-state index in [0.717, 1.165) is 27.1 Å².